The predicted octanol–water partition coefficient (Wildman–Crippen LogP) is 2.60. The van der Waals surface area contributed by atoms with Crippen LogP contribution in [0.5, 0.6) is 0 Å². The van der Waals surface area contributed by atoms with Gasteiger partial charge >= 0.3 is 0 Å². The molecule has 2 aromatic carbocycles. The van der Waals surface area contributed by atoms with Crippen LogP contribution in [-0.2, 0) is 0 Å². The Morgan fingerprint density at radius 1 is 1.14 bits per heavy atom. The van der Waals surface area contributed by atoms with Gasteiger partial charge in [-0.1, -0.05) is 11.6 Å². The number of rotatable bonds is 4. The first-order valence-electron chi connectivity index (χ1n) is 6.03. The van der Waals surface area contributed by atoms with Crippen molar-refractivity contribution < 1.29 is 14.5 Å². The lowest BCUT2D eigenvalue weighted by atomic mass is 10.1. The van der Waals surface area contributed by atoms with Crippen LogP contribution in [0.25, 0.3) is 0 Å². The normalized spacial score (nSPS) is 10.0. The van der Waals surface area contributed by atoms with Crippen LogP contribution < -0.4 is 11.1 Å². The minimum Gasteiger partial charge on any atom is -0.366 e. The van der Waals surface area contributed by atoms with Crippen LogP contribution in [0.1, 0.15) is 20.7 Å². The molecule has 8 heteroatoms. The Morgan fingerprint density at radius 2 is 1.77 bits per heavy atom. The Hall–Kier alpha value is -2.93. The second kappa shape index (κ2) is 6.23. The van der Waals surface area contributed by atoms with Crippen molar-refractivity contribution in [2.75, 3.05) is 5.32 Å². The second-order valence-corrected chi connectivity index (χ2v) is 4.72. The Kier molecular flexibility index (Phi) is 4.38. The number of nitrogens with two attached hydrogens (primary N) is 1. The van der Waals surface area contributed by atoms with Gasteiger partial charge in [-0.05, 0) is 30.3 Å². The zero-order valence-electron chi connectivity index (χ0n) is 11.1. The molecular formula is C14H10ClN3O4. The molecule has 0 spiro atoms. The molecule has 0 atom stereocenters. The zero-order chi connectivity index (χ0) is 16.3. The molecule has 2 amide bonds. The maximum atomic E-state index is 12.1. The lowest BCUT2D eigenvalue weighted by Crippen LogP contribution is -2.14. The highest BCUT2D eigenvalue weighted by molar-refractivity contribution is 6.34. The van der Waals surface area contributed by atoms with E-state index < -0.39 is 16.7 Å². The van der Waals surface area contributed by atoms with Crippen LogP contribution in [0.3, 0.4) is 0 Å². The molecule has 3 N–H and O–H groups in total. The van der Waals surface area contributed by atoms with Gasteiger partial charge in [-0.3, -0.25) is 19.7 Å². The number of non-ortho nitro benzene ring substituents is 1. The number of halogens is 1. The van der Waals surface area contributed by atoms with Gasteiger partial charge in [0.25, 0.3) is 11.6 Å². The summed E-state index contributed by atoms with van der Waals surface area (Å²) in [6.07, 6.45) is 0. The standard InChI is InChI=1S/C14H10ClN3O4/c15-12-6-5-10(18(21)22)7-11(12)14(20)17-9-3-1-8(2-4-9)13(16)19/h1-7H,(H2,16,19)(H,17,20). The third-order valence-electron chi connectivity index (χ3n) is 2.83. The van der Waals surface area contributed by atoms with Gasteiger partial charge in [0.15, 0.2) is 0 Å². The second-order valence-electron chi connectivity index (χ2n) is 4.32. The summed E-state index contributed by atoms with van der Waals surface area (Å²) in [6, 6.07) is 9.47. The molecule has 0 saturated heterocycles. The molecule has 0 saturated carbocycles. The number of amides is 2. The number of benzene rings is 2. The molecule has 0 heterocycles. The number of primary amides is 1. The molecule has 112 valence electrons. The zero-order valence-corrected chi connectivity index (χ0v) is 11.8. The number of nitro groups is 1. The number of nitrogens with one attached hydrogen (secondary N) is 1. The average Bonchev–Trinajstić information content (AvgIpc) is 2.47. The molecule has 2 aromatic rings. The van der Waals surface area contributed by atoms with Gasteiger partial charge in [-0.25, -0.2) is 0 Å². The number of hydrogen-bond acceptors (Lipinski definition) is 4. The summed E-state index contributed by atoms with van der Waals surface area (Å²) in [5, 5.41) is 13.4. The number of anilines is 1. The Bertz CT molecular complexity index is 759. The van der Waals surface area contributed by atoms with E-state index in [1.807, 2.05) is 0 Å². The molecule has 22 heavy (non-hydrogen) atoms. The molecule has 7 nitrogen and oxygen atoms in total. The highest BCUT2D eigenvalue weighted by Crippen LogP contribution is 2.23. The molecule has 0 unspecified atom stereocenters. The third-order valence-corrected chi connectivity index (χ3v) is 3.16. The van der Waals surface area contributed by atoms with Crippen molar-refractivity contribution in [2.24, 2.45) is 5.73 Å². The first-order chi connectivity index (χ1) is 10.4. The highest BCUT2D eigenvalue weighted by atomic mass is 35.5. The molecule has 0 bridgehead atoms. The van der Waals surface area contributed by atoms with Crippen LogP contribution in [0.15, 0.2) is 42.5 Å². The molecule has 0 aliphatic heterocycles. The Morgan fingerprint density at radius 3 is 2.32 bits per heavy atom. The van der Waals surface area contributed by atoms with Crippen LogP contribution in [-0.4, -0.2) is 16.7 Å². The van der Waals surface area contributed by atoms with E-state index in [4.69, 9.17) is 17.3 Å². The lowest BCUT2D eigenvalue weighted by Gasteiger charge is -2.07. The van der Waals surface area contributed by atoms with Gasteiger partial charge in [-0.2, -0.15) is 0 Å². The number of nitro benzene ring substituents is 1. The van der Waals surface area contributed by atoms with Crippen LogP contribution >= 0.6 is 11.6 Å². The topological polar surface area (TPSA) is 115 Å². The molecule has 0 fully saturated rings. The summed E-state index contributed by atoms with van der Waals surface area (Å²) < 4.78 is 0. The monoisotopic (exact) mass is 319 g/mol. The Balaban J connectivity index is 2.23. The molecule has 0 aliphatic carbocycles. The van der Waals surface area contributed by atoms with E-state index >= 15 is 0 Å². The van der Waals surface area contributed by atoms with Crippen molar-refractivity contribution >= 4 is 34.8 Å². The number of hydrogen-bond donors (Lipinski definition) is 2. The summed E-state index contributed by atoms with van der Waals surface area (Å²) in [4.78, 5) is 33.2. The van der Waals surface area contributed by atoms with Gasteiger partial charge in [0.1, 0.15) is 0 Å². The van der Waals surface area contributed by atoms with E-state index in [1.165, 1.54) is 36.4 Å². The van der Waals surface area contributed by atoms with Gasteiger partial charge in [0.05, 0.1) is 15.5 Å². The molecule has 0 aromatic heterocycles. The predicted molar refractivity (Wildman–Crippen MR) is 81.0 cm³/mol. The van der Waals surface area contributed by atoms with Gasteiger partial charge in [0.2, 0.25) is 5.91 Å². The minimum absolute atomic E-state index is 0.0187. The summed E-state index contributed by atoms with van der Waals surface area (Å²) in [5.74, 6) is -1.18. The molecule has 2 rings (SSSR count). The van der Waals surface area contributed by atoms with Gasteiger partial charge < -0.3 is 11.1 Å². The van der Waals surface area contributed by atoms with E-state index in [2.05, 4.69) is 5.32 Å². The minimum atomic E-state index is -0.616. The van der Waals surface area contributed by atoms with E-state index in [-0.39, 0.29) is 16.3 Å². The number of carbonyl (C=O) groups is 2. The van der Waals surface area contributed by atoms with Gasteiger partial charge in [0, 0.05) is 23.4 Å². The Labute approximate surface area is 129 Å². The third kappa shape index (κ3) is 3.39. The quantitative estimate of drug-likeness (QED) is 0.665. The van der Waals surface area contributed by atoms with Gasteiger partial charge in [-0.15, -0.1) is 0 Å². The van der Waals surface area contributed by atoms with E-state index in [0.29, 0.717) is 11.3 Å². The lowest BCUT2D eigenvalue weighted by molar-refractivity contribution is -0.384. The van der Waals surface area contributed by atoms with Crippen molar-refractivity contribution in [3.8, 4) is 0 Å². The number of carbonyl (C=O) groups excluding carboxylic acids is 2. The summed E-state index contributed by atoms with van der Waals surface area (Å²) in [6.45, 7) is 0. The SMILES string of the molecule is NC(=O)c1ccc(NC(=O)c2cc([N+](=O)[O-])ccc2Cl)cc1. The van der Waals surface area contributed by atoms with E-state index in [1.54, 1.807) is 0 Å². The van der Waals surface area contributed by atoms with Crippen LogP contribution in [0.4, 0.5) is 11.4 Å². The highest BCUT2D eigenvalue weighted by Gasteiger charge is 2.16. The summed E-state index contributed by atoms with van der Waals surface area (Å²) in [5.41, 5.74) is 5.56. The van der Waals surface area contributed by atoms with Crippen LogP contribution in [0.2, 0.25) is 5.02 Å². The fraction of sp³-hybridized carbons (Fsp3) is 0. The molecule has 0 aliphatic rings. The smallest absolute Gasteiger partial charge is 0.270 e. The maximum Gasteiger partial charge on any atom is 0.270 e. The fourth-order valence-electron chi connectivity index (χ4n) is 1.72. The van der Waals surface area contributed by atoms with E-state index in [0.717, 1.165) is 6.07 Å². The number of nitrogens with zero attached hydrogens (tertiary/aromatic N) is 1. The van der Waals surface area contributed by atoms with Crippen LogP contribution in [0, 0.1) is 10.1 Å². The first-order valence-corrected chi connectivity index (χ1v) is 6.41. The maximum absolute atomic E-state index is 12.1. The largest absolute Gasteiger partial charge is 0.366 e. The van der Waals surface area contributed by atoms with Crippen molar-refractivity contribution in [1.82, 2.24) is 0 Å². The first kappa shape index (κ1) is 15.5. The average molecular weight is 320 g/mol. The van der Waals surface area contributed by atoms with Crippen molar-refractivity contribution in [2.45, 2.75) is 0 Å². The van der Waals surface area contributed by atoms with Crippen molar-refractivity contribution in [3.63, 3.8) is 0 Å². The van der Waals surface area contributed by atoms with Crippen molar-refractivity contribution in [1.29, 1.82) is 0 Å². The van der Waals surface area contributed by atoms with E-state index in [9.17, 15) is 19.7 Å². The molecular weight excluding hydrogens is 310 g/mol. The fourth-order valence-corrected chi connectivity index (χ4v) is 1.92. The summed E-state index contributed by atoms with van der Waals surface area (Å²) in [7, 11) is 0. The molecule has 0 radical (unpaired) electrons. The summed E-state index contributed by atoms with van der Waals surface area (Å²) >= 11 is 5.88. The van der Waals surface area contributed by atoms with Crippen molar-refractivity contribution in [3.05, 3.63) is 68.7 Å².